The number of aromatic nitrogens is 1. The van der Waals surface area contributed by atoms with E-state index in [4.69, 9.17) is 5.11 Å². The van der Waals surface area contributed by atoms with E-state index in [1.807, 2.05) is 0 Å². The molecular weight excluding hydrogens is 186 g/mol. The Bertz CT molecular complexity index is 343. The van der Waals surface area contributed by atoms with E-state index in [-0.39, 0.29) is 0 Å². The summed E-state index contributed by atoms with van der Waals surface area (Å²) in [6.07, 6.45) is -2.18. The average Bonchev–Trinajstić information content (AvgIpc) is 2.03. The summed E-state index contributed by atoms with van der Waals surface area (Å²) in [6.45, 7) is 0. The number of rotatable bonds is 2. The van der Waals surface area contributed by atoms with Crippen LogP contribution in [0.4, 0.5) is 14.5 Å². The molecule has 0 saturated heterocycles. The van der Waals surface area contributed by atoms with Crippen molar-refractivity contribution in [3.8, 4) is 5.75 Å². The van der Waals surface area contributed by atoms with Gasteiger partial charge in [0.05, 0.1) is 4.92 Å². The van der Waals surface area contributed by atoms with Gasteiger partial charge in [-0.1, -0.05) is 0 Å². The molecule has 0 aliphatic heterocycles. The van der Waals surface area contributed by atoms with Crippen molar-refractivity contribution in [1.29, 1.82) is 0 Å². The van der Waals surface area contributed by atoms with Crippen LogP contribution in [-0.4, -0.2) is 15.0 Å². The second kappa shape index (κ2) is 3.30. The van der Waals surface area contributed by atoms with Crippen LogP contribution in [0.15, 0.2) is 12.3 Å². The van der Waals surface area contributed by atoms with Crippen LogP contribution in [0.2, 0.25) is 0 Å². The molecule has 0 fully saturated rings. The predicted molar refractivity (Wildman–Crippen MR) is 37.5 cm³/mol. The largest absolute Gasteiger partial charge is 0.501 e. The van der Waals surface area contributed by atoms with Crippen LogP contribution in [0.1, 0.15) is 12.1 Å². The van der Waals surface area contributed by atoms with Crippen LogP contribution >= 0.6 is 0 Å². The Morgan fingerprint density at radius 3 is 2.69 bits per heavy atom. The van der Waals surface area contributed by atoms with Gasteiger partial charge in [0, 0.05) is 12.3 Å². The van der Waals surface area contributed by atoms with E-state index in [9.17, 15) is 18.9 Å². The van der Waals surface area contributed by atoms with Crippen LogP contribution < -0.4 is 0 Å². The molecular formula is C6H4F2N2O3. The summed E-state index contributed by atoms with van der Waals surface area (Å²) in [4.78, 5) is 12.3. The second-order valence-electron chi connectivity index (χ2n) is 2.12. The molecule has 7 heteroatoms. The minimum absolute atomic E-state index is 0.773. The molecule has 0 atom stereocenters. The van der Waals surface area contributed by atoms with E-state index < -0.39 is 28.5 Å². The van der Waals surface area contributed by atoms with Gasteiger partial charge < -0.3 is 5.11 Å². The molecule has 1 rings (SSSR count). The van der Waals surface area contributed by atoms with Crippen molar-refractivity contribution < 1.29 is 18.8 Å². The summed E-state index contributed by atoms with van der Waals surface area (Å²) >= 11 is 0. The maximum atomic E-state index is 12.0. The quantitative estimate of drug-likeness (QED) is 0.567. The molecule has 5 nitrogen and oxygen atoms in total. The number of aromatic hydroxyl groups is 1. The zero-order chi connectivity index (χ0) is 10.0. The Morgan fingerprint density at radius 2 is 2.23 bits per heavy atom. The lowest BCUT2D eigenvalue weighted by atomic mass is 10.3. The molecule has 0 saturated carbocycles. The van der Waals surface area contributed by atoms with Crippen LogP contribution in [-0.2, 0) is 0 Å². The number of nitro groups is 1. The van der Waals surface area contributed by atoms with Crippen molar-refractivity contribution in [3.63, 3.8) is 0 Å². The van der Waals surface area contributed by atoms with Gasteiger partial charge in [-0.3, -0.25) is 15.1 Å². The lowest BCUT2D eigenvalue weighted by molar-refractivity contribution is -0.386. The molecule has 0 radical (unpaired) electrons. The fraction of sp³-hybridized carbons (Fsp3) is 0.167. The Balaban J connectivity index is 3.26. The third-order valence-corrected chi connectivity index (χ3v) is 1.33. The molecule has 0 amide bonds. The fourth-order valence-electron chi connectivity index (χ4n) is 0.766. The first-order valence-electron chi connectivity index (χ1n) is 3.14. The van der Waals surface area contributed by atoms with Gasteiger partial charge in [-0.15, -0.1) is 0 Å². The Kier molecular flexibility index (Phi) is 2.36. The maximum absolute atomic E-state index is 12.0. The van der Waals surface area contributed by atoms with Crippen molar-refractivity contribution in [1.82, 2.24) is 4.98 Å². The van der Waals surface area contributed by atoms with Crippen LogP contribution in [0, 0.1) is 10.1 Å². The molecule has 0 aliphatic carbocycles. The molecule has 13 heavy (non-hydrogen) atoms. The van der Waals surface area contributed by atoms with E-state index in [1.165, 1.54) is 0 Å². The standard InChI is InChI=1S/C6H4F2N2O3/c7-6(8)4-5(11)3(10(12)13)1-2-9-4/h1-2,6,11H. The van der Waals surface area contributed by atoms with Crippen molar-refractivity contribution in [2.24, 2.45) is 0 Å². The summed E-state index contributed by atoms with van der Waals surface area (Å²) in [5.41, 5.74) is -1.75. The molecule has 0 aliphatic rings. The van der Waals surface area contributed by atoms with E-state index in [1.54, 1.807) is 0 Å². The van der Waals surface area contributed by atoms with Crippen molar-refractivity contribution in [2.75, 3.05) is 0 Å². The van der Waals surface area contributed by atoms with Gasteiger partial charge >= 0.3 is 5.69 Å². The summed E-state index contributed by atoms with van der Waals surface area (Å²) in [5, 5.41) is 19.1. The summed E-state index contributed by atoms with van der Waals surface area (Å²) in [5.74, 6) is -1.08. The third-order valence-electron chi connectivity index (χ3n) is 1.33. The van der Waals surface area contributed by atoms with Crippen LogP contribution in [0.3, 0.4) is 0 Å². The van der Waals surface area contributed by atoms with Gasteiger partial charge in [0.25, 0.3) is 6.43 Å². The molecule has 70 valence electrons. The maximum Gasteiger partial charge on any atom is 0.314 e. The number of pyridine rings is 1. The summed E-state index contributed by atoms with van der Waals surface area (Å²) < 4.78 is 24.1. The molecule has 1 aromatic rings. The first kappa shape index (κ1) is 9.30. The number of nitrogens with zero attached hydrogens (tertiary/aromatic N) is 2. The zero-order valence-electron chi connectivity index (χ0n) is 6.15. The highest BCUT2D eigenvalue weighted by molar-refractivity contribution is 5.47. The second-order valence-corrected chi connectivity index (χ2v) is 2.12. The smallest absolute Gasteiger partial charge is 0.314 e. The first-order chi connectivity index (χ1) is 6.04. The monoisotopic (exact) mass is 190 g/mol. The normalized spacial score (nSPS) is 10.4. The molecule has 0 spiro atoms. The average molecular weight is 190 g/mol. The van der Waals surface area contributed by atoms with Crippen LogP contribution in [0.25, 0.3) is 0 Å². The first-order valence-corrected chi connectivity index (χ1v) is 3.14. The van der Waals surface area contributed by atoms with E-state index in [2.05, 4.69) is 4.98 Å². The Hall–Kier alpha value is -1.79. The lowest BCUT2D eigenvalue weighted by Gasteiger charge is -2.01. The van der Waals surface area contributed by atoms with Gasteiger partial charge in [0.1, 0.15) is 0 Å². The molecule has 0 unspecified atom stereocenters. The summed E-state index contributed by atoms with van der Waals surface area (Å²) in [6, 6.07) is 0.848. The van der Waals surface area contributed by atoms with Gasteiger partial charge in [0.15, 0.2) is 5.69 Å². The van der Waals surface area contributed by atoms with E-state index >= 15 is 0 Å². The molecule has 1 heterocycles. The minimum Gasteiger partial charge on any atom is -0.501 e. The van der Waals surface area contributed by atoms with Crippen molar-refractivity contribution in [2.45, 2.75) is 6.43 Å². The molecule has 0 aromatic carbocycles. The Morgan fingerprint density at radius 1 is 1.62 bits per heavy atom. The lowest BCUT2D eigenvalue weighted by Crippen LogP contribution is -1.95. The molecule has 0 bridgehead atoms. The topological polar surface area (TPSA) is 76.3 Å². The number of hydrogen-bond donors (Lipinski definition) is 1. The molecule has 1 aromatic heterocycles. The van der Waals surface area contributed by atoms with Crippen LogP contribution in [0.5, 0.6) is 5.75 Å². The zero-order valence-corrected chi connectivity index (χ0v) is 6.15. The van der Waals surface area contributed by atoms with E-state index in [0.29, 0.717) is 0 Å². The summed E-state index contributed by atoms with van der Waals surface area (Å²) in [7, 11) is 0. The molecule has 1 N–H and O–H groups in total. The fourth-order valence-corrected chi connectivity index (χ4v) is 0.766. The third kappa shape index (κ3) is 1.68. The van der Waals surface area contributed by atoms with Crippen molar-refractivity contribution >= 4 is 5.69 Å². The number of hydrogen-bond acceptors (Lipinski definition) is 4. The highest BCUT2D eigenvalue weighted by atomic mass is 19.3. The predicted octanol–water partition coefficient (Wildman–Crippen LogP) is 1.63. The highest BCUT2D eigenvalue weighted by Gasteiger charge is 2.23. The SMILES string of the molecule is O=[N+]([O-])c1ccnc(C(F)F)c1O. The highest BCUT2D eigenvalue weighted by Crippen LogP contribution is 2.33. The minimum atomic E-state index is -3.03. The van der Waals surface area contributed by atoms with Gasteiger partial charge in [0.2, 0.25) is 5.75 Å². The van der Waals surface area contributed by atoms with Gasteiger partial charge in [-0.2, -0.15) is 0 Å². The number of halogens is 2. The van der Waals surface area contributed by atoms with Gasteiger partial charge in [-0.25, -0.2) is 8.78 Å². The van der Waals surface area contributed by atoms with Crippen molar-refractivity contribution in [3.05, 3.63) is 28.1 Å². The Labute approximate surface area is 70.8 Å². The number of alkyl halides is 2. The van der Waals surface area contributed by atoms with E-state index in [0.717, 1.165) is 12.3 Å². The van der Waals surface area contributed by atoms with Gasteiger partial charge in [-0.05, 0) is 0 Å².